The first-order valence-corrected chi connectivity index (χ1v) is 10.1. The molecule has 168 valence electrons. The zero-order chi connectivity index (χ0) is 23.5. The summed E-state index contributed by atoms with van der Waals surface area (Å²) < 4.78 is 44.5. The molecule has 33 heavy (non-hydrogen) atoms. The first kappa shape index (κ1) is 22.2. The fourth-order valence-corrected chi connectivity index (χ4v) is 3.50. The van der Waals surface area contributed by atoms with Crippen LogP contribution in [0.4, 0.5) is 13.2 Å². The molecule has 1 unspecified atom stereocenters. The van der Waals surface area contributed by atoms with Crippen LogP contribution in [0, 0.1) is 17.5 Å². The molecule has 0 saturated heterocycles. The lowest BCUT2D eigenvalue weighted by Gasteiger charge is -2.16. The van der Waals surface area contributed by atoms with E-state index in [9.17, 15) is 22.8 Å². The Balaban J connectivity index is 1.89. The van der Waals surface area contributed by atoms with Crippen LogP contribution < -0.4 is 17.0 Å². The molecule has 0 aliphatic heterocycles. The highest BCUT2D eigenvalue weighted by Gasteiger charge is 2.21. The summed E-state index contributed by atoms with van der Waals surface area (Å²) in [4.78, 5) is 26.3. The summed E-state index contributed by atoms with van der Waals surface area (Å²) >= 11 is 0. The number of rotatable bonds is 6. The minimum atomic E-state index is -0.975. The molecule has 2 N–H and O–H groups in total. The van der Waals surface area contributed by atoms with Gasteiger partial charge in [-0.25, -0.2) is 27.2 Å². The molecule has 0 fully saturated rings. The standard InChI is InChI=1S/C24H19F3N4O2/c25-17-10-6-11-18(26)16(17)13-21-23(32)31(22-12-5-4-9-19(22)27)24(33)30(29-21)14-20(28)15-7-2-1-3-8-15/h1-12,20H,13-14,28H2. The van der Waals surface area contributed by atoms with Gasteiger partial charge >= 0.3 is 5.69 Å². The molecule has 0 aliphatic rings. The summed E-state index contributed by atoms with van der Waals surface area (Å²) in [5, 5.41) is 4.07. The first-order chi connectivity index (χ1) is 15.9. The van der Waals surface area contributed by atoms with Crippen molar-refractivity contribution in [1.29, 1.82) is 0 Å². The van der Waals surface area contributed by atoms with E-state index >= 15 is 0 Å². The monoisotopic (exact) mass is 452 g/mol. The second kappa shape index (κ2) is 9.25. The second-order valence-corrected chi connectivity index (χ2v) is 7.40. The van der Waals surface area contributed by atoms with E-state index in [0.717, 1.165) is 22.9 Å². The molecule has 0 amide bonds. The van der Waals surface area contributed by atoms with Crippen molar-refractivity contribution in [1.82, 2.24) is 14.3 Å². The Morgan fingerprint density at radius 2 is 1.42 bits per heavy atom. The quantitative estimate of drug-likeness (QED) is 0.487. The Morgan fingerprint density at radius 3 is 2.09 bits per heavy atom. The summed E-state index contributed by atoms with van der Waals surface area (Å²) in [7, 11) is 0. The third-order valence-corrected chi connectivity index (χ3v) is 5.20. The van der Waals surface area contributed by atoms with E-state index in [1.165, 1.54) is 24.3 Å². The predicted molar refractivity (Wildman–Crippen MR) is 117 cm³/mol. The highest BCUT2D eigenvalue weighted by atomic mass is 19.1. The molecule has 1 atom stereocenters. The summed E-state index contributed by atoms with van der Waals surface area (Å²) in [6.07, 6.45) is -0.535. The number of para-hydroxylation sites is 1. The minimum Gasteiger partial charge on any atom is -0.322 e. The number of nitrogens with zero attached hydrogens (tertiary/aromatic N) is 3. The number of nitrogens with two attached hydrogens (primary N) is 1. The largest absolute Gasteiger partial charge is 0.352 e. The molecule has 0 aliphatic carbocycles. The number of halogens is 3. The van der Waals surface area contributed by atoms with Crippen molar-refractivity contribution in [2.45, 2.75) is 19.0 Å². The van der Waals surface area contributed by atoms with E-state index in [4.69, 9.17) is 5.73 Å². The van der Waals surface area contributed by atoms with Gasteiger partial charge in [-0.2, -0.15) is 5.10 Å². The average molecular weight is 452 g/mol. The van der Waals surface area contributed by atoms with Crippen molar-refractivity contribution in [3.8, 4) is 5.69 Å². The molecular weight excluding hydrogens is 433 g/mol. The van der Waals surface area contributed by atoms with E-state index in [0.29, 0.717) is 10.1 Å². The summed E-state index contributed by atoms with van der Waals surface area (Å²) in [5.74, 6) is -2.55. The van der Waals surface area contributed by atoms with E-state index in [1.54, 1.807) is 30.3 Å². The number of hydrogen-bond donors (Lipinski definition) is 1. The van der Waals surface area contributed by atoms with Crippen LogP contribution in [0.3, 0.4) is 0 Å². The molecule has 0 saturated carbocycles. The Hall–Kier alpha value is -3.98. The van der Waals surface area contributed by atoms with E-state index < -0.39 is 41.2 Å². The Kier molecular flexibility index (Phi) is 6.23. The number of hydrogen-bond acceptors (Lipinski definition) is 4. The molecule has 1 aromatic heterocycles. The molecule has 0 bridgehead atoms. The Morgan fingerprint density at radius 1 is 0.818 bits per heavy atom. The second-order valence-electron chi connectivity index (χ2n) is 7.40. The van der Waals surface area contributed by atoms with Gasteiger partial charge in [0.2, 0.25) is 0 Å². The molecule has 0 radical (unpaired) electrons. The fraction of sp³-hybridized carbons (Fsp3) is 0.125. The maximum absolute atomic E-state index is 14.5. The topological polar surface area (TPSA) is 82.9 Å². The lowest BCUT2D eigenvalue weighted by molar-refractivity contribution is 0.465. The average Bonchev–Trinajstić information content (AvgIpc) is 2.81. The molecular formula is C24H19F3N4O2. The van der Waals surface area contributed by atoms with Gasteiger partial charge in [0, 0.05) is 18.0 Å². The molecule has 1 heterocycles. The normalized spacial score (nSPS) is 12.0. The first-order valence-electron chi connectivity index (χ1n) is 10.1. The molecule has 4 rings (SSSR count). The van der Waals surface area contributed by atoms with Gasteiger partial charge in [-0.1, -0.05) is 48.5 Å². The lowest BCUT2D eigenvalue weighted by Crippen LogP contribution is -2.44. The smallest absolute Gasteiger partial charge is 0.322 e. The van der Waals surface area contributed by atoms with Crippen molar-refractivity contribution >= 4 is 0 Å². The van der Waals surface area contributed by atoms with Crippen LogP contribution in [0.1, 0.15) is 22.9 Å². The Labute approximate surface area is 186 Å². The van der Waals surface area contributed by atoms with Crippen molar-refractivity contribution < 1.29 is 13.2 Å². The number of benzene rings is 3. The van der Waals surface area contributed by atoms with Crippen LogP contribution in [0.5, 0.6) is 0 Å². The Bertz CT molecular complexity index is 1400. The van der Waals surface area contributed by atoms with Crippen LogP contribution in [0.15, 0.2) is 82.4 Å². The molecule has 9 heteroatoms. The molecule has 6 nitrogen and oxygen atoms in total. The van der Waals surface area contributed by atoms with Crippen molar-refractivity contribution in [3.05, 3.63) is 128 Å². The van der Waals surface area contributed by atoms with Gasteiger partial charge in [-0.05, 0) is 29.8 Å². The molecule has 3 aromatic carbocycles. The van der Waals surface area contributed by atoms with Gasteiger partial charge in [-0.3, -0.25) is 4.79 Å². The summed E-state index contributed by atoms with van der Waals surface area (Å²) in [6.45, 7) is -0.148. The van der Waals surface area contributed by atoms with Gasteiger partial charge < -0.3 is 5.73 Å². The highest BCUT2D eigenvalue weighted by molar-refractivity contribution is 5.34. The summed E-state index contributed by atoms with van der Waals surface area (Å²) in [5.41, 5.74) is 4.01. The molecule has 0 spiro atoms. The van der Waals surface area contributed by atoms with Gasteiger partial charge in [0.25, 0.3) is 5.56 Å². The van der Waals surface area contributed by atoms with E-state index in [1.807, 2.05) is 0 Å². The van der Waals surface area contributed by atoms with Gasteiger partial charge in [-0.15, -0.1) is 0 Å². The predicted octanol–water partition coefficient (Wildman–Crippen LogP) is 3.10. The molecule has 4 aromatic rings. The fourth-order valence-electron chi connectivity index (χ4n) is 3.50. The van der Waals surface area contributed by atoms with Gasteiger partial charge in [0.1, 0.15) is 23.1 Å². The van der Waals surface area contributed by atoms with Crippen molar-refractivity contribution in [3.63, 3.8) is 0 Å². The van der Waals surface area contributed by atoms with Gasteiger partial charge in [0.05, 0.1) is 12.2 Å². The highest BCUT2D eigenvalue weighted by Crippen LogP contribution is 2.16. The zero-order valence-electron chi connectivity index (χ0n) is 17.3. The number of aromatic nitrogens is 3. The van der Waals surface area contributed by atoms with Crippen LogP contribution in [-0.4, -0.2) is 14.3 Å². The summed E-state index contributed by atoms with van der Waals surface area (Å²) in [6, 6.07) is 16.7. The SMILES string of the molecule is NC(Cn1nc(Cc2c(F)cccc2F)c(=O)n(-c2ccccc2F)c1=O)c1ccccc1. The van der Waals surface area contributed by atoms with Gasteiger partial charge in [0.15, 0.2) is 0 Å². The lowest BCUT2D eigenvalue weighted by atomic mass is 10.1. The zero-order valence-corrected chi connectivity index (χ0v) is 17.3. The van der Waals surface area contributed by atoms with Crippen LogP contribution >= 0.6 is 0 Å². The van der Waals surface area contributed by atoms with Crippen LogP contribution in [0.25, 0.3) is 5.69 Å². The third kappa shape index (κ3) is 4.49. The van der Waals surface area contributed by atoms with Crippen molar-refractivity contribution in [2.24, 2.45) is 5.73 Å². The van der Waals surface area contributed by atoms with E-state index in [2.05, 4.69) is 5.10 Å². The van der Waals surface area contributed by atoms with Crippen LogP contribution in [0.2, 0.25) is 0 Å². The maximum atomic E-state index is 14.5. The van der Waals surface area contributed by atoms with Crippen molar-refractivity contribution in [2.75, 3.05) is 0 Å². The minimum absolute atomic E-state index is 0.148. The van der Waals surface area contributed by atoms with Crippen LogP contribution in [-0.2, 0) is 13.0 Å². The maximum Gasteiger partial charge on any atom is 0.352 e. The van der Waals surface area contributed by atoms with E-state index in [-0.39, 0.29) is 23.5 Å². The third-order valence-electron chi connectivity index (χ3n) is 5.20.